The molecule has 7 rings (SSSR count). The third-order valence-electron chi connectivity index (χ3n) is 14.7. The van der Waals surface area contributed by atoms with Gasteiger partial charge >= 0.3 is 0 Å². The Morgan fingerprint density at radius 2 is 1.25 bits per heavy atom. The second-order valence-corrected chi connectivity index (χ2v) is 22.4. The number of epoxide rings is 1. The van der Waals surface area contributed by atoms with Crippen molar-refractivity contribution < 1.29 is 43.7 Å². The third-order valence-corrected chi connectivity index (χ3v) is 14.7. The molecule has 5 atom stereocenters. The molecule has 0 saturated carbocycles. The molecule has 3 heterocycles. The zero-order chi connectivity index (χ0) is 57.0. The first-order chi connectivity index (χ1) is 37.7. The highest BCUT2D eigenvalue weighted by molar-refractivity contribution is 5.99. The molecule has 0 radical (unpaired) electrons. The van der Waals surface area contributed by atoms with Crippen molar-refractivity contribution in [1.82, 2.24) is 46.2 Å². The first-order valence-corrected chi connectivity index (χ1v) is 27.8. The average molecular weight is 1080 g/mol. The van der Waals surface area contributed by atoms with Crippen LogP contribution in [0.5, 0.6) is 11.5 Å². The molecule has 2 aliphatic rings. The van der Waals surface area contributed by atoms with Crippen LogP contribution in [0, 0.1) is 17.8 Å². The number of hydrogen-bond donors (Lipinski definition) is 7. The Bertz CT molecular complexity index is 2900. The van der Waals surface area contributed by atoms with Crippen molar-refractivity contribution in [3.63, 3.8) is 0 Å². The molecule has 18 nitrogen and oxygen atoms in total. The second-order valence-electron chi connectivity index (χ2n) is 22.4. The molecule has 0 bridgehead atoms. The lowest BCUT2D eigenvalue weighted by molar-refractivity contribution is -0.135. The van der Waals surface area contributed by atoms with Gasteiger partial charge in [-0.05, 0) is 124 Å². The fourth-order valence-corrected chi connectivity index (χ4v) is 10.1. The Morgan fingerprint density at radius 1 is 0.684 bits per heavy atom. The minimum absolute atomic E-state index is 0.0363. The fraction of sp³-hybridized carbons (Fsp3) is 0.475. The topological polar surface area (TPSA) is 250 Å². The van der Waals surface area contributed by atoms with Gasteiger partial charge in [0.2, 0.25) is 29.5 Å². The summed E-state index contributed by atoms with van der Waals surface area (Å²) in [4.78, 5) is 86.4. The van der Waals surface area contributed by atoms with E-state index in [0.29, 0.717) is 68.7 Å². The number of phenolic OH excluding ortho intramolecular Hbond substituents is 2. The van der Waals surface area contributed by atoms with Crippen molar-refractivity contribution in [3.8, 4) is 28.6 Å². The van der Waals surface area contributed by atoms with E-state index in [1.165, 1.54) is 6.07 Å². The lowest BCUT2D eigenvalue weighted by Gasteiger charge is -2.32. The fourth-order valence-electron chi connectivity index (χ4n) is 10.1. The van der Waals surface area contributed by atoms with Crippen LogP contribution in [-0.4, -0.2) is 121 Å². The van der Waals surface area contributed by atoms with Gasteiger partial charge in [-0.25, -0.2) is 0 Å². The monoisotopic (exact) mass is 1080 g/mol. The van der Waals surface area contributed by atoms with Crippen molar-refractivity contribution in [2.75, 3.05) is 26.2 Å². The largest absolute Gasteiger partial charge is 0.508 e. The molecule has 2 fully saturated rings. The predicted molar refractivity (Wildman–Crippen MR) is 301 cm³/mol. The molecule has 0 unspecified atom stereocenters. The standard InChI is InChI=1S/C61H79N9O9/c1-9-62-60(78)55-68-67-54(46-33-45(39(6)7)51(71)34-52(46)72)70(55)44-23-20-42(21-24-44)35-69-28-26-43(27-29-69)56(74)63-47(25-22-40-16-12-10-13-17-40)57(75)65-49(31-38(4)5)58(76)66-50(32-41-18-14-11-15-19-41)59(77)64-48(30-37(2)3)53(73)61(8)36-79-61/h10-21,23-24,33-34,37-39,43,47-50,71-72H,9,22,25-32,35-36H2,1-8H3,(H,62,78)(H,63,74)(H,64,77)(H,65,75)(H,66,76)/t47-,48-,49-,50-,61-/m0/s1. The number of phenols is 2. The van der Waals surface area contributed by atoms with Crippen LogP contribution >= 0.6 is 0 Å². The maximum Gasteiger partial charge on any atom is 0.289 e. The van der Waals surface area contributed by atoms with Crippen LogP contribution in [0.4, 0.5) is 0 Å². The number of aromatic hydroxyl groups is 2. The molecule has 18 heteroatoms. The number of Topliss-reactive ketones (excluding diaryl/α,β-unsaturated/α-hetero) is 1. The van der Waals surface area contributed by atoms with Gasteiger partial charge in [0, 0.05) is 37.2 Å². The number of amides is 5. The summed E-state index contributed by atoms with van der Waals surface area (Å²) in [7, 11) is 0. The van der Waals surface area contributed by atoms with Crippen molar-refractivity contribution in [2.45, 2.75) is 143 Å². The van der Waals surface area contributed by atoms with Gasteiger partial charge in [0.1, 0.15) is 35.2 Å². The van der Waals surface area contributed by atoms with E-state index in [0.717, 1.165) is 16.7 Å². The average Bonchev–Trinajstić information content (AvgIpc) is 4.03. The Labute approximate surface area is 463 Å². The van der Waals surface area contributed by atoms with Crippen LogP contribution in [0.3, 0.4) is 0 Å². The molecule has 2 aliphatic heterocycles. The molecule has 0 spiro atoms. The van der Waals surface area contributed by atoms with E-state index >= 15 is 0 Å². The molecule has 2 saturated heterocycles. The van der Waals surface area contributed by atoms with Gasteiger partial charge in [-0.2, -0.15) is 0 Å². The molecule has 5 aromatic rings. The number of ether oxygens (including phenoxy) is 1. The molecule has 4 aromatic carbocycles. The smallest absolute Gasteiger partial charge is 0.289 e. The summed E-state index contributed by atoms with van der Waals surface area (Å²) < 4.78 is 7.05. The predicted octanol–water partition coefficient (Wildman–Crippen LogP) is 6.70. The van der Waals surface area contributed by atoms with Gasteiger partial charge in [0.25, 0.3) is 5.91 Å². The quantitative estimate of drug-likeness (QED) is 0.0286. The molecule has 79 heavy (non-hydrogen) atoms. The van der Waals surface area contributed by atoms with Crippen LogP contribution in [-0.2, 0) is 48.1 Å². The van der Waals surface area contributed by atoms with Crippen LogP contribution < -0.4 is 26.6 Å². The second kappa shape index (κ2) is 26.9. The molecular weight excluding hydrogens is 1000 g/mol. The number of aryl methyl sites for hydroxylation is 1. The number of nitrogens with zero attached hydrogens (tertiary/aromatic N) is 4. The lowest BCUT2D eigenvalue weighted by Crippen LogP contribution is -2.59. The number of hydrogen-bond acceptors (Lipinski definition) is 12. The van der Waals surface area contributed by atoms with Gasteiger partial charge < -0.3 is 41.5 Å². The molecule has 422 valence electrons. The molecule has 0 aliphatic carbocycles. The Morgan fingerprint density at radius 3 is 1.85 bits per heavy atom. The minimum Gasteiger partial charge on any atom is -0.508 e. The molecule has 1 aromatic heterocycles. The van der Waals surface area contributed by atoms with E-state index < -0.39 is 53.4 Å². The molecule has 5 amide bonds. The van der Waals surface area contributed by atoms with Crippen molar-refractivity contribution in [1.29, 1.82) is 0 Å². The third kappa shape index (κ3) is 15.9. The SMILES string of the molecule is CCNC(=O)c1nnc(-c2cc(C(C)C)c(O)cc2O)n1-c1ccc(CN2CCC(C(=O)N[C@@H](CCc3ccccc3)C(=O)N[C@@H](CC(C)C)C(=O)N[C@@H](Cc3ccccc3)C(=O)N[C@@H](CC(C)C)C(=O)[C@]3(C)CO3)CC2)cc1. The minimum atomic E-state index is -1.08. The Balaban J connectivity index is 1.02. The van der Waals surface area contributed by atoms with Crippen molar-refractivity contribution in [2.24, 2.45) is 17.8 Å². The van der Waals surface area contributed by atoms with Gasteiger partial charge in [-0.1, -0.05) is 114 Å². The van der Waals surface area contributed by atoms with Crippen LogP contribution in [0.1, 0.15) is 126 Å². The lowest BCUT2D eigenvalue weighted by atomic mass is 9.93. The Kier molecular flexibility index (Phi) is 20.2. The van der Waals surface area contributed by atoms with E-state index in [9.17, 15) is 39.0 Å². The maximum atomic E-state index is 14.5. The summed E-state index contributed by atoms with van der Waals surface area (Å²) in [6.45, 7) is 17.6. The highest BCUT2D eigenvalue weighted by atomic mass is 16.6. The van der Waals surface area contributed by atoms with E-state index in [1.54, 1.807) is 24.5 Å². The van der Waals surface area contributed by atoms with E-state index in [4.69, 9.17) is 4.74 Å². The van der Waals surface area contributed by atoms with E-state index in [1.807, 2.05) is 126 Å². The highest BCUT2D eigenvalue weighted by Gasteiger charge is 2.50. The number of piperidine rings is 1. The number of rotatable bonds is 26. The van der Waals surface area contributed by atoms with Crippen LogP contribution in [0.25, 0.3) is 17.1 Å². The van der Waals surface area contributed by atoms with Crippen molar-refractivity contribution >= 4 is 35.3 Å². The Hall–Kier alpha value is -7.44. The number of likely N-dealkylation sites (tertiary alicyclic amines) is 1. The number of nitrogens with one attached hydrogen (secondary N) is 5. The first-order valence-electron chi connectivity index (χ1n) is 27.8. The van der Waals surface area contributed by atoms with Gasteiger partial charge in [-0.3, -0.25) is 38.2 Å². The van der Waals surface area contributed by atoms with E-state index in [-0.39, 0.29) is 84.4 Å². The first kappa shape index (κ1) is 59.2. The van der Waals surface area contributed by atoms with Crippen LogP contribution in [0.15, 0.2) is 97.1 Å². The summed E-state index contributed by atoms with van der Waals surface area (Å²) in [5, 5.41) is 44.8. The number of carbonyl (C=O) groups excluding carboxylic acids is 6. The summed E-state index contributed by atoms with van der Waals surface area (Å²) in [5.41, 5.74) is 3.32. The normalized spacial score (nSPS) is 17.2. The zero-order valence-corrected chi connectivity index (χ0v) is 46.9. The molecular formula is C61H79N9O9. The number of aromatic nitrogens is 3. The van der Waals surface area contributed by atoms with Crippen molar-refractivity contribution in [3.05, 3.63) is 125 Å². The van der Waals surface area contributed by atoms with Gasteiger partial charge in [-0.15, -0.1) is 10.2 Å². The zero-order valence-electron chi connectivity index (χ0n) is 46.9. The summed E-state index contributed by atoms with van der Waals surface area (Å²) >= 11 is 0. The van der Waals surface area contributed by atoms with Gasteiger partial charge in [0.05, 0.1) is 18.2 Å². The highest BCUT2D eigenvalue weighted by Crippen LogP contribution is 2.38. The number of benzene rings is 4. The van der Waals surface area contributed by atoms with E-state index in [2.05, 4.69) is 41.7 Å². The summed E-state index contributed by atoms with van der Waals surface area (Å²) in [6.07, 6.45) is 2.64. The number of carbonyl (C=O) groups is 6. The van der Waals surface area contributed by atoms with Gasteiger partial charge in [0.15, 0.2) is 11.6 Å². The van der Waals surface area contributed by atoms with Crippen LogP contribution in [0.2, 0.25) is 0 Å². The maximum absolute atomic E-state index is 14.5. The summed E-state index contributed by atoms with van der Waals surface area (Å²) in [5.74, 6) is -2.84. The number of ketones is 1. The summed E-state index contributed by atoms with van der Waals surface area (Å²) in [6, 6.07) is 25.6. The molecule has 7 N–H and O–H groups in total.